The number of benzene rings is 3. The third-order valence-corrected chi connectivity index (χ3v) is 8.16. The molecule has 0 saturated carbocycles. The van der Waals surface area contributed by atoms with E-state index in [0.29, 0.717) is 51.9 Å². The molecular weight excluding hydrogens is 493 g/mol. The van der Waals surface area contributed by atoms with Crippen molar-refractivity contribution in [2.75, 3.05) is 32.5 Å². The fourth-order valence-corrected chi connectivity index (χ4v) is 5.99. The van der Waals surface area contributed by atoms with E-state index in [0.717, 1.165) is 10.9 Å². The van der Waals surface area contributed by atoms with Crippen LogP contribution in [0.4, 0.5) is 0 Å². The molecule has 0 fully saturated rings. The van der Waals surface area contributed by atoms with E-state index in [9.17, 15) is 14.3 Å². The minimum atomic E-state index is -1.47. The van der Waals surface area contributed by atoms with Crippen molar-refractivity contribution in [2.24, 2.45) is 0 Å². The molecule has 0 spiro atoms. The maximum Gasteiger partial charge on any atom is 0.255 e. The molecule has 1 heterocycles. The second-order valence-electron chi connectivity index (χ2n) is 8.02. The van der Waals surface area contributed by atoms with Crippen molar-refractivity contribution in [3.05, 3.63) is 75.3 Å². The van der Waals surface area contributed by atoms with Crippen molar-refractivity contribution in [3.63, 3.8) is 0 Å². The number of hydroxylamine groups is 1. The van der Waals surface area contributed by atoms with Gasteiger partial charge in [0.15, 0.2) is 0 Å². The van der Waals surface area contributed by atoms with E-state index in [2.05, 4.69) is 11.5 Å². The van der Waals surface area contributed by atoms with Gasteiger partial charge in [0.2, 0.25) is 0 Å². The topological polar surface area (TPSA) is 82.4 Å². The summed E-state index contributed by atoms with van der Waals surface area (Å²) in [6, 6.07) is 16.7. The number of rotatable bonds is 7. The van der Waals surface area contributed by atoms with Gasteiger partial charge in [-0.3, -0.25) is 9.00 Å². The first kappa shape index (κ1) is 24.6. The Kier molecular flexibility index (Phi) is 7.87. The number of halogens is 2. The fourth-order valence-electron chi connectivity index (χ4n) is 4.32. The molecule has 4 rings (SSSR count). The van der Waals surface area contributed by atoms with Gasteiger partial charge in [0.05, 0.1) is 44.0 Å². The first-order valence-corrected chi connectivity index (χ1v) is 12.9. The molecule has 3 aromatic rings. The van der Waals surface area contributed by atoms with Crippen LogP contribution in [0.2, 0.25) is 10.0 Å². The smallest absolute Gasteiger partial charge is 0.255 e. The lowest BCUT2D eigenvalue weighted by atomic mass is 9.94. The zero-order valence-corrected chi connectivity index (χ0v) is 20.8. The van der Waals surface area contributed by atoms with Gasteiger partial charge in [-0.1, -0.05) is 53.5 Å². The van der Waals surface area contributed by atoms with Crippen molar-refractivity contribution >= 4 is 50.7 Å². The second-order valence-corrected chi connectivity index (χ2v) is 10.3. The number of nitrogens with one attached hydrogen (secondary N) is 1. The highest BCUT2D eigenvalue weighted by molar-refractivity contribution is 7.85. The number of nitriles is 1. The maximum atomic E-state index is 13.9. The Labute approximate surface area is 210 Å². The quantitative estimate of drug-likeness (QED) is 0.357. The minimum absolute atomic E-state index is 0.0678. The molecule has 34 heavy (non-hydrogen) atoms. The third kappa shape index (κ3) is 4.97. The molecule has 0 aliphatic carbocycles. The van der Waals surface area contributed by atoms with Gasteiger partial charge in [-0.05, 0) is 41.0 Å². The Morgan fingerprint density at radius 3 is 2.74 bits per heavy atom. The van der Waals surface area contributed by atoms with E-state index in [1.54, 1.807) is 24.1 Å². The van der Waals surface area contributed by atoms with Gasteiger partial charge < -0.3 is 9.74 Å². The van der Waals surface area contributed by atoms with Crippen LogP contribution in [0, 0.1) is 11.3 Å². The van der Waals surface area contributed by atoms with Crippen LogP contribution in [0.15, 0.2) is 53.4 Å². The maximum absolute atomic E-state index is 13.9. The summed E-state index contributed by atoms with van der Waals surface area (Å²) in [6.07, 6.45) is 0.671. The lowest BCUT2D eigenvalue weighted by Crippen LogP contribution is -2.36. The van der Waals surface area contributed by atoms with E-state index in [4.69, 9.17) is 28.0 Å². The molecule has 1 amide bonds. The van der Waals surface area contributed by atoms with Crippen molar-refractivity contribution < 1.29 is 13.8 Å². The Hall–Kier alpha value is -2.47. The van der Waals surface area contributed by atoms with Crippen molar-refractivity contribution in [1.82, 2.24) is 10.4 Å². The summed E-state index contributed by atoms with van der Waals surface area (Å²) >= 11 is 12.4. The summed E-state index contributed by atoms with van der Waals surface area (Å²) < 4.78 is 13.2. The van der Waals surface area contributed by atoms with Crippen LogP contribution < -0.4 is 5.48 Å². The lowest BCUT2D eigenvalue weighted by molar-refractivity contribution is 0.0736. The largest absolute Gasteiger partial charge is 0.337 e. The summed E-state index contributed by atoms with van der Waals surface area (Å²) in [7, 11) is 0.0821. The van der Waals surface area contributed by atoms with Gasteiger partial charge in [-0.25, -0.2) is 5.48 Å². The molecule has 1 N–H and O–H groups in total. The van der Waals surface area contributed by atoms with E-state index in [-0.39, 0.29) is 23.1 Å². The van der Waals surface area contributed by atoms with E-state index >= 15 is 0 Å². The normalized spacial score (nSPS) is 16.7. The monoisotopic (exact) mass is 515 g/mol. The molecule has 0 radical (unpaired) electrons. The van der Waals surface area contributed by atoms with Crippen LogP contribution >= 0.6 is 23.2 Å². The molecule has 6 nitrogen and oxygen atoms in total. The SMILES string of the molecule is CONCC[C@H](CN1CC[S@](=O)c2c(C#N)cc3ccccc3c2C1=O)c1ccc(Cl)c(Cl)c1. The molecule has 0 bridgehead atoms. The highest BCUT2D eigenvalue weighted by Crippen LogP contribution is 2.34. The Morgan fingerprint density at radius 2 is 2.00 bits per heavy atom. The van der Waals surface area contributed by atoms with Gasteiger partial charge in [0.1, 0.15) is 6.07 Å². The third-order valence-electron chi connectivity index (χ3n) is 5.99. The number of nitrogens with zero attached hydrogens (tertiary/aromatic N) is 2. The van der Waals surface area contributed by atoms with Crippen molar-refractivity contribution in [1.29, 1.82) is 5.26 Å². The molecule has 176 valence electrons. The average molecular weight is 516 g/mol. The van der Waals surface area contributed by atoms with Crippen LogP contribution in [0.3, 0.4) is 0 Å². The van der Waals surface area contributed by atoms with E-state index in [1.807, 2.05) is 36.4 Å². The van der Waals surface area contributed by atoms with E-state index < -0.39 is 10.8 Å². The first-order chi connectivity index (χ1) is 16.4. The number of amides is 1. The van der Waals surface area contributed by atoms with Crippen LogP contribution in [0.5, 0.6) is 0 Å². The predicted octanol–water partition coefficient (Wildman–Crippen LogP) is 4.91. The zero-order chi connectivity index (χ0) is 24.2. The molecule has 0 saturated heterocycles. The molecule has 1 aliphatic rings. The summed E-state index contributed by atoms with van der Waals surface area (Å²) in [5, 5.41) is 12.1. The molecular formula is C25H23Cl2N3O3S. The van der Waals surface area contributed by atoms with Crippen molar-refractivity contribution in [3.8, 4) is 6.07 Å². The van der Waals surface area contributed by atoms with Gasteiger partial charge in [0.25, 0.3) is 5.91 Å². The van der Waals surface area contributed by atoms with Crippen LogP contribution in [-0.4, -0.2) is 47.5 Å². The molecule has 2 atom stereocenters. The second kappa shape index (κ2) is 10.9. The van der Waals surface area contributed by atoms with Crippen LogP contribution in [0.25, 0.3) is 10.8 Å². The van der Waals surface area contributed by atoms with Gasteiger partial charge in [-0.15, -0.1) is 0 Å². The van der Waals surface area contributed by atoms with Gasteiger partial charge in [-0.2, -0.15) is 5.26 Å². The standard InChI is InChI=1S/C25H23Cl2N3O3S/c1-33-29-9-8-18(16-6-7-21(26)22(27)13-16)15-30-10-11-34(32)24-19(14-28)12-17-4-2-3-5-20(17)23(24)25(30)31/h2-7,12-13,18,29H,8-11,15H2,1H3/t18-,34+/m1/s1. The van der Waals surface area contributed by atoms with E-state index in [1.165, 1.54) is 0 Å². The summed E-state index contributed by atoms with van der Waals surface area (Å²) in [5.74, 6) is -0.0309. The Morgan fingerprint density at radius 1 is 1.21 bits per heavy atom. The Bertz CT molecular complexity index is 1310. The Balaban J connectivity index is 1.75. The highest BCUT2D eigenvalue weighted by Gasteiger charge is 2.32. The average Bonchev–Trinajstić information content (AvgIpc) is 2.96. The minimum Gasteiger partial charge on any atom is -0.337 e. The zero-order valence-electron chi connectivity index (χ0n) is 18.5. The summed E-state index contributed by atoms with van der Waals surface area (Å²) in [5.41, 5.74) is 4.44. The molecule has 3 aromatic carbocycles. The molecule has 1 aliphatic heterocycles. The number of carbonyl (C=O) groups excluding carboxylic acids is 1. The number of hydrogen-bond donors (Lipinski definition) is 1. The lowest BCUT2D eigenvalue weighted by Gasteiger charge is -2.27. The number of fused-ring (bicyclic) bond motifs is 3. The van der Waals surface area contributed by atoms with Gasteiger partial charge >= 0.3 is 0 Å². The number of carbonyl (C=O) groups is 1. The molecule has 0 unspecified atom stereocenters. The van der Waals surface area contributed by atoms with Crippen LogP contribution in [0.1, 0.15) is 33.8 Å². The predicted molar refractivity (Wildman–Crippen MR) is 135 cm³/mol. The summed E-state index contributed by atoms with van der Waals surface area (Å²) in [4.78, 5) is 20.9. The molecule has 9 heteroatoms. The molecule has 0 aromatic heterocycles. The highest BCUT2D eigenvalue weighted by atomic mass is 35.5. The number of hydrogen-bond acceptors (Lipinski definition) is 5. The van der Waals surface area contributed by atoms with Gasteiger partial charge in [0, 0.05) is 31.3 Å². The van der Waals surface area contributed by atoms with Crippen molar-refractivity contribution in [2.45, 2.75) is 17.2 Å². The van der Waals surface area contributed by atoms with Crippen LogP contribution in [-0.2, 0) is 15.6 Å². The first-order valence-electron chi connectivity index (χ1n) is 10.8. The summed E-state index contributed by atoms with van der Waals surface area (Å²) in [6.45, 7) is 1.27. The fraction of sp³-hybridized carbons (Fsp3) is 0.280.